The minimum Gasteiger partial charge on any atom is -0.493 e. The van der Waals surface area contributed by atoms with Crippen molar-refractivity contribution in [3.8, 4) is 11.5 Å². The van der Waals surface area contributed by atoms with Crippen molar-refractivity contribution in [2.75, 3.05) is 51.8 Å². The molecule has 8 nitrogen and oxygen atoms in total. The molecule has 0 bridgehead atoms. The maximum Gasteiger partial charge on any atom is 0.255 e. The highest BCUT2D eigenvalue weighted by Gasteiger charge is 2.36. The van der Waals surface area contributed by atoms with Crippen LogP contribution in [0.15, 0.2) is 48.8 Å². The summed E-state index contributed by atoms with van der Waals surface area (Å²) >= 11 is 0. The van der Waals surface area contributed by atoms with Crippen molar-refractivity contribution in [2.45, 2.75) is 58.7 Å². The lowest BCUT2D eigenvalue weighted by Crippen LogP contribution is -2.46. The van der Waals surface area contributed by atoms with Gasteiger partial charge in [-0.05, 0) is 49.2 Å². The van der Waals surface area contributed by atoms with Gasteiger partial charge in [-0.25, -0.2) is 4.98 Å². The number of anilines is 1. The Hall–Kier alpha value is -3.52. The van der Waals surface area contributed by atoms with Crippen LogP contribution >= 0.6 is 0 Å². The average molecular weight is 546 g/mol. The molecular formula is C32H43N5O3. The van der Waals surface area contributed by atoms with E-state index < -0.39 is 0 Å². The molecule has 0 aliphatic carbocycles. The first-order valence-electron chi connectivity index (χ1n) is 14.6. The molecule has 5 rings (SSSR count). The van der Waals surface area contributed by atoms with Gasteiger partial charge < -0.3 is 28.7 Å². The number of benzene rings is 2. The quantitative estimate of drug-likeness (QED) is 0.324. The summed E-state index contributed by atoms with van der Waals surface area (Å²) in [5, 5.41) is 0. The van der Waals surface area contributed by atoms with Crippen molar-refractivity contribution in [3.05, 3.63) is 71.3 Å². The van der Waals surface area contributed by atoms with Crippen LogP contribution in [0.5, 0.6) is 11.5 Å². The first-order chi connectivity index (χ1) is 19.4. The SMILES string of the molecule is CCN1CCN(c2cccc3c2CN([C@H](CCCn2ccnc2C(C)C)c2ccc(OC)c(OC)c2)C3=O)CC1. The number of aromatic nitrogens is 2. The molecule has 0 radical (unpaired) electrons. The van der Waals surface area contributed by atoms with Crippen LogP contribution in [-0.4, -0.2) is 72.2 Å². The molecule has 1 fully saturated rings. The fourth-order valence-electron chi connectivity index (χ4n) is 6.22. The van der Waals surface area contributed by atoms with Crippen molar-refractivity contribution in [2.24, 2.45) is 0 Å². The first-order valence-corrected chi connectivity index (χ1v) is 14.6. The minimum absolute atomic E-state index is 0.0875. The van der Waals surface area contributed by atoms with E-state index >= 15 is 0 Å². The molecule has 1 saturated heterocycles. The zero-order valence-corrected chi connectivity index (χ0v) is 24.6. The number of aryl methyl sites for hydroxylation is 1. The number of amides is 1. The van der Waals surface area contributed by atoms with Gasteiger partial charge in [-0.1, -0.05) is 32.9 Å². The molecule has 214 valence electrons. The molecule has 1 amide bonds. The van der Waals surface area contributed by atoms with Crippen LogP contribution in [0.1, 0.15) is 72.9 Å². The normalized spacial score (nSPS) is 16.5. The molecule has 0 saturated carbocycles. The number of nitrogens with zero attached hydrogens (tertiary/aromatic N) is 5. The zero-order valence-electron chi connectivity index (χ0n) is 24.6. The highest BCUT2D eigenvalue weighted by molar-refractivity contribution is 6.00. The van der Waals surface area contributed by atoms with Gasteiger partial charge in [0, 0.05) is 74.4 Å². The number of hydrogen-bond donors (Lipinski definition) is 0. The van der Waals surface area contributed by atoms with Gasteiger partial charge in [-0.3, -0.25) is 4.79 Å². The van der Waals surface area contributed by atoms with Crippen LogP contribution in [0.3, 0.4) is 0 Å². The number of fused-ring (bicyclic) bond motifs is 1. The van der Waals surface area contributed by atoms with Gasteiger partial charge in [0.25, 0.3) is 5.91 Å². The summed E-state index contributed by atoms with van der Waals surface area (Å²) in [6, 6.07) is 12.2. The van der Waals surface area contributed by atoms with Crippen molar-refractivity contribution in [3.63, 3.8) is 0 Å². The molecule has 2 aliphatic heterocycles. The van der Waals surface area contributed by atoms with Gasteiger partial charge in [-0.15, -0.1) is 0 Å². The number of ether oxygens (including phenoxy) is 2. The van der Waals surface area contributed by atoms with Crippen molar-refractivity contribution >= 4 is 11.6 Å². The Kier molecular flexibility index (Phi) is 8.64. The molecule has 8 heteroatoms. The second-order valence-electron chi connectivity index (χ2n) is 11.1. The van der Waals surface area contributed by atoms with Crippen LogP contribution in [0.2, 0.25) is 0 Å². The van der Waals surface area contributed by atoms with E-state index in [0.717, 1.165) is 74.6 Å². The molecule has 1 aromatic heterocycles. The lowest BCUT2D eigenvalue weighted by atomic mass is 9.99. The summed E-state index contributed by atoms with van der Waals surface area (Å²) in [5.74, 6) is 2.94. The fourth-order valence-corrected chi connectivity index (χ4v) is 6.22. The summed E-state index contributed by atoms with van der Waals surface area (Å²) in [4.78, 5) is 25.5. The standard InChI is InChI=1S/C32H43N5O3/c1-6-34-17-19-35(20-18-34)28-10-7-9-25-26(28)22-37(32(25)38)27(24-12-13-29(39-4)30(21-24)40-5)11-8-15-36-16-14-33-31(36)23(2)3/h7,9-10,12-14,16,21,23,27H,6,8,11,15,17-20,22H2,1-5H3/t27-/m1/s1. The van der Waals surface area contributed by atoms with E-state index in [-0.39, 0.29) is 11.9 Å². The van der Waals surface area contributed by atoms with E-state index in [1.165, 1.54) is 5.69 Å². The molecule has 2 aromatic carbocycles. The van der Waals surface area contributed by atoms with Gasteiger partial charge >= 0.3 is 0 Å². The molecule has 0 N–H and O–H groups in total. The largest absolute Gasteiger partial charge is 0.493 e. The second-order valence-corrected chi connectivity index (χ2v) is 11.1. The molecule has 1 atom stereocenters. The summed E-state index contributed by atoms with van der Waals surface area (Å²) in [6.07, 6.45) is 5.68. The van der Waals surface area contributed by atoms with Crippen molar-refractivity contribution in [1.29, 1.82) is 0 Å². The topological polar surface area (TPSA) is 63.1 Å². The Morgan fingerprint density at radius 2 is 1.77 bits per heavy atom. The summed E-state index contributed by atoms with van der Waals surface area (Å²) in [6.45, 7) is 13.2. The van der Waals surface area contributed by atoms with Crippen LogP contribution in [0.4, 0.5) is 5.69 Å². The van der Waals surface area contributed by atoms with Crippen molar-refractivity contribution < 1.29 is 14.3 Å². The Balaban J connectivity index is 1.42. The monoisotopic (exact) mass is 545 g/mol. The number of methoxy groups -OCH3 is 2. The van der Waals surface area contributed by atoms with Gasteiger partial charge in [0.05, 0.1) is 20.3 Å². The van der Waals surface area contributed by atoms with Gasteiger partial charge in [0.1, 0.15) is 5.82 Å². The number of hydrogen-bond acceptors (Lipinski definition) is 6. The third-order valence-corrected chi connectivity index (χ3v) is 8.44. The predicted molar refractivity (Wildman–Crippen MR) is 158 cm³/mol. The summed E-state index contributed by atoms with van der Waals surface area (Å²) in [7, 11) is 3.31. The van der Waals surface area contributed by atoms with Crippen molar-refractivity contribution in [1.82, 2.24) is 19.4 Å². The van der Waals surface area contributed by atoms with E-state index in [1.807, 2.05) is 30.5 Å². The maximum atomic E-state index is 14.0. The molecule has 0 spiro atoms. The highest BCUT2D eigenvalue weighted by atomic mass is 16.5. The molecule has 40 heavy (non-hydrogen) atoms. The van der Waals surface area contributed by atoms with Crippen LogP contribution in [0.25, 0.3) is 0 Å². The van der Waals surface area contributed by atoms with Gasteiger partial charge in [0.15, 0.2) is 11.5 Å². The highest BCUT2D eigenvalue weighted by Crippen LogP contribution is 2.40. The van der Waals surface area contributed by atoms with Gasteiger partial charge in [-0.2, -0.15) is 0 Å². The number of carbonyl (C=O) groups excluding carboxylic acids is 1. The van der Waals surface area contributed by atoms with E-state index in [9.17, 15) is 4.79 Å². The zero-order chi connectivity index (χ0) is 28.2. The Morgan fingerprint density at radius 3 is 2.48 bits per heavy atom. The summed E-state index contributed by atoms with van der Waals surface area (Å²) in [5.41, 5.74) is 4.25. The number of likely N-dealkylation sites (N-methyl/N-ethyl adjacent to an activating group) is 1. The Morgan fingerprint density at radius 1 is 1.00 bits per heavy atom. The summed E-state index contributed by atoms with van der Waals surface area (Å²) < 4.78 is 13.4. The maximum absolute atomic E-state index is 14.0. The average Bonchev–Trinajstić information content (AvgIpc) is 3.59. The number of carbonyl (C=O) groups is 1. The minimum atomic E-state index is -0.0875. The molecule has 2 aliphatic rings. The van der Waals surface area contributed by atoms with E-state index in [1.54, 1.807) is 14.2 Å². The third kappa shape index (κ3) is 5.55. The lowest BCUT2D eigenvalue weighted by Gasteiger charge is -2.36. The smallest absolute Gasteiger partial charge is 0.255 e. The van der Waals surface area contributed by atoms with Crippen LogP contribution in [-0.2, 0) is 13.1 Å². The van der Waals surface area contributed by atoms with Crippen LogP contribution in [0, 0.1) is 0 Å². The first kappa shape index (κ1) is 28.0. The molecular weight excluding hydrogens is 502 g/mol. The Bertz CT molecular complexity index is 1310. The fraction of sp³-hybridized carbons (Fsp3) is 0.500. The second kappa shape index (κ2) is 12.3. The number of imidazole rings is 1. The van der Waals surface area contributed by atoms with E-state index in [2.05, 4.69) is 63.4 Å². The predicted octanol–water partition coefficient (Wildman–Crippen LogP) is 5.34. The molecule has 3 aromatic rings. The molecule has 0 unspecified atom stereocenters. The van der Waals surface area contributed by atoms with E-state index in [4.69, 9.17) is 9.47 Å². The molecule has 3 heterocycles. The van der Waals surface area contributed by atoms with Gasteiger partial charge in [0.2, 0.25) is 0 Å². The van der Waals surface area contributed by atoms with E-state index in [0.29, 0.717) is 24.0 Å². The third-order valence-electron chi connectivity index (χ3n) is 8.44. The number of rotatable bonds is 11. The number of piperazine rings is 1. The van der Waals surface area contributed by atoms with Crippen LogP contribution < -0.4 is 14.4 Å². The lowest BCUT2D eigenvalue weighted by molar-refractivity contribution is 0.0687. The Labute approximate surface area is 238 Å².